The van der Waals surface area contributed by atoms with Crippen molar-refractivity contribution in [2.45, 2.75) is 13.5 Å². The van der Waals surface area contributed by atoms with Gasteiger partial charge in [-0.2, -0.15) is 0 Å². The SMILES string of the molecule is Cc1cnc(Cn2c(=S)[nH]c3cc(Br)cnc32)o1. The van der Waals surface area contributed by atoms with E-state index in [1.54, 1.807) is 12.4 Å². The summed E-state index contributed by atoms with van der Waals surface area (Å²) < 4.78 is 8.83. The van der Waals surface area contributed by atoms with E-state index in [1.165, 1.54) is 0 Å². The molecule has 1 N–H and O–H groups in total. The van der Waals surface area contributed by atoms with Crippen LogP contribution in [0.2, 0.25) is 0 Å². The molecule has 0 saturated heterocycles. The van der Waals surface area contributed by atoms with Crippen LogP contribution in [-0.4, -0.2) is 19.5 Å². The Kier molecular flexibility index (Phi) is 2.79. The Labute approximate surface area is 116 Å². The number of hydrogen-bond donors (Lipinski definition) is 1. The Morgan fingerprint density at radius 2 is 2.28 bits per heavy atom. The van der Waals surface area contributed by atoms with Crippen LogP contribution in [0, 0.1) is 11.7 Å². The van der Waals surface area contributed by atoms with Gasteiger partial charge in [0, 0.05) is 10.7 Å². The standard InChI is InChI=1S/C11H9BrN4OS/c1-6-3-13-9(17-6)5-16-10-8(15-11(16)18)2-7(12)4-14-10/h2-4H,5H2,1H3,(H,15,18). The summed E-state index contributed by atoms with van der Waals surface area (Å²) in [5, 5.41) is 0. The summed E-state index contributed by atoms with van der Waals surface area (Å²) >= 11 is 8.66. The Morgan fingerprint density at radius 1 is 1.44 bits per heavy atom. The first-order valence-corrected chi connectivity index (χ1v) is 6.49. The highest BCUT2D eigenvalue weighted by atomic mass is 79.9. The van der Waals surface area contributed by atoms with Crippen molar-refractivity contribution in [3.05, 3.63) is 39.4 Å². The number of halogens is 1. The number of imidazole rings is 1. The lowest BCUT2D eigenvalue weighted by molar-refractivity contribution is 0.458. The number of rotatable bonds is 2. The van der Waals surface area contributed by atoms with Crippen molar-refractivity contribution in [3.63, 3.8) is 0 Å². The van der Waals surface area contributed by atoms with Crippen LogP contribution in [0.1, 0.15) is 11.7 Å². The summed E-state index contributed by atoms with van der Waals surface area (Å²) in [6.45, 7) is 2.33. The number of pyridine rings is 1. The Hall–Kier alpha value is -1.47. The van der Waals surface area contributed by atoms with Gasteiger partial charge in [-0.1, -0.05) is 0 Å². The van der Waals surface area contributed by atoms with Crippen LogP contribution in [0.15, 0.2) is 27.3 Å². The van der Waals surface area contributed by atoms with Crippen LogP contribution in [0.25, 0.3) is 11.2 Å². The molecule has 7 heteroatoms. The van der Waals surface area contributed by atoms with E-state index in [0.29, 0.717) is 17.2 Å². The van der Waals surface area contributed by atoms with Gasteiger partial charge in [0.05, 0.1) is 11.7 Å². The zero-order valence-corrected chi connectivity index (χ0v) is 11.9. The van der Waals surface area contributed by atoms with Gasteiger partial charge in [-0.05, 0) is 41.1 Å². The van der Waals surface area contributed by atoms with Gasteiger partial charge in [-0.25, -0.2) is 9.97 Å². The fourth-order valence-corrected chi connectivity index (χ4v) is 2.37. The van der Waals surface area contributed by atoms with Crippen molar-refractivity contribution >= 4 is 39.3 Å². The molecule has 92 valence electrons. The molecule has 3 aromatic rings. The van der Waals surface area contributed by atoms with Crippen molar-refractivity contribution < 1.29 is 4.42 Å². The first-order chi connectivity index (χ1) is 8.63. The molecule has 5 nitrogen and oxygen atoms in total. The van der Waals surface area contributed by atoms with Gasteiger partial charge in [-0.15, -0.1) is 0 Å². The average Bonchev–Trinajstić information content (AvgIpc) is 2.84. The van der Waals surface area contributed by atoms with E-state index in [-0.39, 0.29) is 0 Å². The third-order valence-corrected chi connectivity index (χ3v) is 3.29. The number of aryl methyl sites for hydroxylation is 1. The minimum atomic E-state index is 0.474. The van der Waals surface area contributed by atoms with Gasteiger partial charge in [0.25, 0.3) is 0 Å². The average molecular weight is 325 g/mol. The van der Waals surface area contributed by atoms with E-state index < -0.39 is 0 Å². The van der Waals surface area contributed by atoms with E-state index in [4.69, 9.17) is 16.6 Å². The van der Waals surface area contributed by atoms with Gasteiger partial charge < -0.3 is 9.40 Å². The van der Waals surface area contributed by atoms with Crippen LogP contribution in [0.4, 0.5) is 0 Å². The summed E-state index contributed by atoms with van der Waals surface area (Å²) in [6, 6.07) is 1.94. The summed E-state index contributed by atoms with van der Waals surface area (Å²) in [5.41, 5.74) is 1.68. The monoisotopic (exact) mass is 324 g/mol. The Bertz CT molecular complexity index is 773. The van der Waals surface area contributed by atoms with Gasteiger partial charge in [-0.3, -0.25) is 4.57 Å². The number of nitrogens with one attached hydrogen (secondary N) is 1. The van der Waals surface area contributed by atoms with Crippen LogP contribution in [-0.2, 0) is 6.54 Å². The first kappa shape index (κ1) is 11.6. The minimum absolute atomic E-state index is 0.474. The van der Waals surface area contributed by atoms with E-state index in [9.17, 15) is 0 Å². The second-order valence-electron chi connectivity index (χ2n) is 3.91. The third-order valence-electron chi connectivity index (χ3n) is 2.54. The molecule has 0 aliphatic carbocycles. The molecule has 0 atom stereocenters. The largest absolute Gasteiger partial charge is 0.444 e. The quantitative estimate of drug-likeness (QED) is 0.735. The van der Waals surface area contributed by atoms with Crippen LogP contribution in [0.3, 0.4) is 0 Å². The molecule has 0 aromatic carbocycles. The minimum Gasteiger partial charge on any atom is -0.444 e. The zero-order chi connectivity index (χ0) is 12.7. The van der Waals surface area contributed by atoms with Crippen molar-refractivity contribution in [1.29, 1.82) is 0 Å². The lowest BCUT2D eigenvalue weighted by atomic mass is 10.4. The molecule has 0 saturated carbocycles. The molecule has 0 aliphatic rings. The molecule has 3 aromatic heterocycles. The van der Waals surface area contributed by atoms with Gasteiger partial charge in [0.1, 0.15) is 12.3 Å². The molecule has 0 spiro atoms. The predicted molar refractivity (Wildman–Crippen MR) is 73.0 cm³/mol. The molecule has 0 unspecified atom stereocenters. The molecular formula is C11H9BrN4OS. The maximum atomic E-state index is 5.46. The highest BCUT2D eigenvalue weighted by Gasteiger charge is 2.09. The van der Waals surface area contributed by atoms with Crippen molar-refractivity contribution in [3.8, 4) is 0 Å². The summed E-state index contributed by atoms with van der Waals surface area (Å²) in [4.78, 5) is 11.6. The molecule has 0 radical (unpaired) electrons. The zero-order valence-electron chi connectivity index (χ0n) is 9.48. The van der Waals surface area contributed by atoms with Crippen molar-refractivity contribution in [2.75, 3.05) is 0 Å². The smallest absolute Gasteiger partial charge is 0.214 e. The molecule has 3 rings (SSSR count). The third kappa shape index (κ3) is 1.99. The number of fused-ring (bicyclic) bond motifs is 1. The topological polar surface area (TPSA) is 59.6 Å². The summed E-state index contributed by atoms with van der Waals surface area (Å²) in [5.74, 6) is 1.40. The lowest BCUT2D eigenvalue weighted by Gasteiger charge is -1.99. The number of aromatic nitrogens is 4. The van der Waals surface area contributed by atoms with Gasteiger partial charge >= 0.3 is 0 Å². The van der Waals surface area contributed by atoms with Crippen LogP contribution < -0.4 is 0 Å². The second-order valence-corrected chi connectivity index (χ2v) is 5.21. The molecule has 0 fully saturated rings. The fraction of sp³-hybridized carbons (Fsp3) is 0.182. The van der Waals surface area contributed by atoms with E-state index in [2.05, 4.69) is 30.9 Å². The highest BCUT2D eigenvalue weighted by Crippen LogP contribution is 2.18. The summed E-state index contributed by atoms with van der Waals surface area (Å²) in [6.07, 6.45) is 3.43. The number of H-pyrrole nitrogens is 1. The highest BCUT2D eigenvalue weighted by molar-refractivity contribution is 9.10. The van der Waals surface area contributed by atoms with Crippen LogP contribution in [0.5, 0.6) is 0 Å². The van der Waals surface area contributed by atoms with E-state index in [1.807, 2.05) is 17.6 Å². The molecule has 18 heavy (non-hydrogen) atoms. The van der Waals surface area contributed by atoms with Crippen LogP contribution >= 0.6 is 28.1 Å². The normalized spacial score (nSPS) is 11.2. The number of aromatic amines is 1. The Balaban J connectivity index is 2.11. The van der Waals surface area contributed by atoms with E-state index >= 15 is 0 Å². The predicted octanol–water partition coefficient (Wildman–Crippen LogP) is 3.20. The van der Waals surface area contributed by atoms with Gasteiger partial charge in [0.2, 0.25) is 5.89 Å². The van der Waals surface area contributed by atoms with E-state index in [0.717, 1.165) is 21.4 Å². The molecule has 0 aliphatic heterocycles. The van der Waals surface area contributed by atoms with Crippen molar-refractivity contribution in [2.24, 2.45) is 0 Å². The van der Waals surface area contributed by atoms with Gasteiger partial charge in [0.15, 0.2) is 10.4 Å². The second kappa shape index (κ2) is 4.33. The maximum absolute atomic E-state index is 5.46. The summed E-state index contributed by atoms with van der Waals surface area (Å²) in [7, 11) is 0. The number of nitrogens with zero attached hydrogens (tertiary/aromatic N) is 3. The van der Waals surface area contributed by atoms with Crippen molar-refractivity contribution in [1.82, 2.24) is 19.5 Å². The first-order valence-electron chi connectivity index (χ1n) is 5.29. The molecule has 0 amide bonds. The molecule has 0 bridgehead atoms. The lowest BCUT2D eigenvalue weighted by Crippen LogP contribution is -2.00. The number of hydrogen-bond acceptors (Lipinski definition) is 4. The Morgan fingerprint density at radius 3 is 3.00 bits per heavy atom. The maximum Gasteiger partial charge on any atom is 0.214 e. The fourth-order valence-electron chi connectivity index (χ4n) is 1.77. The molecular weight excluding hydrogens is 316 g/mol. The molecule has 3 heterocycles. The number of oxazole rings is 1.